The average molecular weight is 454 g/mol. The van der Waals surface area contributed by atoms with Gasteiger partial charge in [0.2, 0.25) is 16.0 Å². The third-order valence-electron chi connectivity index (χ3n) is 6.44. The number of hydrogen-bond donors (Lipinski definition) is 1. The summed E-state index contributed by atoms with van der Waals surface area (Å²) >= 11 is 1.55. The second-order valence-corrected chi connectivity index (χ2v) is 9.59. The molecule has 2 aliphatic rings. The van der Waals surface area contributed by atoms with Gasteiger partial charge in [-0.15, -0.1) is 5.10 Å². The summed E-state index contributed by atoms with van der Waals surface area (Å²) in [6, 6.07) is 6.33. The number of imidazole rings is 1. The van der Waals surface area contributed by atoms with E-state index in [0.29, 0.717) is 0 Å². The normalized spacial score (nSPS) is 17.5. The van der Waals surface area contributed by atoms with Crippen molar-refractivity contribution in [2.45, 2.75) is 44.9 Å². The molecule has 0 spiro atoms. The molecule has 0 radical (unpaired) electrons. The second-order valence-electron chi connectivity index (χ2n) is 8.66. The molecule has 1 aromatic carbocycles. The van der Waals surface area contributed by atoms with Crippen molar-refractivity contribution in [3.05, 3.63) is 47.9 Å². The smallest absolute Gasteiger partial charge is 0.223 e. The molecule has 1 aliphatic heterocycles. The van der Waals surface area contributed by atoms with Crippen molar-refractivity contribution in [2.75, 3.05) is 24.5 Å². The fraction of sp³-hybridized carbons (Fsp3) is 0.458. The lowest BCUT2D eigenvalue weighted by molar-refractivity contribution is -0.125. The summed E-state index contributed by atoms with van der Waals surface area (Å²) in [6.07, 6.45) is 11.9. The van der Waals surface area contributed by atoms with E-state index in [2.05, 4.69) is 26.4 Å². The number of amides is 1. The Morgan fingerprint density at radius 2 is 2.00 bits per heavy atom. The monoisotopic (exact) mass is 453 g/mol. The maximum atomic E-state index is 13.2. The molecule has 0 bridgehead atoms. The van der Waals surface area contributed by atoms with Crippen LogP contribution in [0.25, 0.3) is 16.2 Å². The average Bonchev–Trinajstić information content (AvgIpc) is 3.40. The van der Waals surface area contributed by atoms with E-state index >= 15 is 0 Å². The molecule has 1 fully saturated rings. The van der Waals surface area contributed by atoms with Crippen molar-refractivity contribution in [1.82, 2.24) is 19.9 Å². The highest BCUT2D eigenvalue weighted by molar-refractivity contribution is 7.20. The van der Waals surface area contributed by atoms with E-state index < -0.39 is 0 Å². The van der Waals surface area contributed by atoms with E-state index in [1.807, 2.05) is 6.20 Å². The van der Waals surface area contributed by atoms with Gasteiger partial charge < -0.3 is 10.2 Å². The van der Waals surface area contributed by atoms with Crippen LogP contribution in [-0.4, -0.2) is 40.1 Å². The summed E-state index contributed by atoms with van der Waals surface area (Å²) in [5.41, 5.74) is 3.16. The van der Waals surface area contributed by atoms with Crippen LogP contribution in [-0.2, 0) is 4.79 Å². The Bertz CT molecular complexity index is 1080. The number of fused-ring (bicyclic) bond motifs is 1. The van der Waals surface area contributed by atoms with Crippen LogP contribution in [0.4, 0.5) is 9.52 Å². The first-order chi connectivity index (χ1) is 15.7. The highest BCUT2D eigenvalue weighted by Crippen LogP contribution is 2.30. The first-order valence-electron chi connectivity index (χ1n) is 11.5. The Kier molecular flexibility index (Phi) is 6.21. The minimum absolute atomic E-state index is 0.0840. The molecular weight excluding hydrogens is 425 g/mol. The van der Waals surface area contributed by atoms with Crippen molar-refractivity contribution >= 4 is 27.3 Å². The minimum atomic E-state index is -0.256. The van der Waals surface area contributed by atoms with E-state index in [1.54, 1.807) is 28.0 Å². The van der Waals surface area contributed by atoms with Crippen LogP contribution in [0.3, 0.4) is 0 Å². The number of carbonyl (C=O) groups is 1. The number of aromatic nitrogens is 3. The summed E-state index contributed by atoms with van der Waals surface area (Å²) < 4.78 is 14.9. The summed E-state index contributed by atoms with van der Waals surface area (Å²) in [4.78, 5) is 20.3. The highest BCUT2D eigenvalue weighted by Gasteiger charge is 2.26. The molecule has 0 saturated carbocycles. The topological polar surface area (TPSA) is 62.5 Å². The van der Waals surface area contributed by atoms with Crippen molar-refractivity contribution < 1.29 is 9.18 Å². The Morgan fingerprint density at radius 1 is 1.19 bits per heavy atom. The molecule has 6 nitrogen and oxygen atoms in total. The Morgan fingerprint density at radius 3 is 2.72 bits per heavy atom. The van der Waals surface area contributed by atoms with Gasteiger partial charge in [0.05, 0.1) is 11.9 Å². The van der Waals surface area contributed by atoms with E-state index in [1.165, 1.54) is 43.4 Å². The van der Waals surface area contributed by atoms with Gasteiger partial charge >= 0.3 is 0 Å². The molecule has 5 rings (SSSR count). The van der Waals surface area contributed by atoms with Crippen LogP contribution >= 0.6 is 11.3 Å². The van der Waals surface area contributed by atoms with Gasteiger partial charge in [-0.25, -0.2) is 13.9 Å². The molecule has 2 aromatic heterocycles. The fourth-order valence-electron chi connectivity index (χ4n) is 4.53. The predicted molar refractivity (Wildman–Crippen MR) is 125 cm³/mol. The van der Waals surface area contributed by atoms with Gasteiger partial charge in [-0.2, -0.15) is 0 Å². The van der Waals surface area contributed by atoms with Crippen molar-refractivity contribution in [3.8, 4) is 11.3 Å². The van der Waals surface area contributed by atoms with E-state index in [0.717, 1.165) is 60.2 Å². The zero-order valence-corrected chi connectivity index (χ0v) is 18.9. The number of hydrogen-bond acceptors (Lipinski definition) is 5. The van der Waals surface area contributed by atoms with Crippen LogP contribution < -0.4 is 10.2 Å². The number of carbonyl (C=O) groups excluding carboxylic acids is 1. The van der Waals surface area contributed by atoms with Crippen LogP contribution in [0.15, 0.2) is 42.1 Å². The molecule has 8 heteroatoms. The number of benzene rings is 1. The lowest BCUT2D eigenvalue weighted by atomic mass is 9.95. The zero-order chi connectivity index (χ0) is 21.9. The first-order valence-corrected chi connectivity index (χ1v) is 12.3. The molecule has 1 saturated heterocycles. The molecule has 32 heavy (non-hydrogen) atoms. The Labute approximate surface area is 191 Å². The summed E-state index contributed by atoms with van der Waals surface area (Å²) in [5.74, 6) is 0.0218. The first kappa shape index (κ1) is 21.1. The molecule has 3 heterocycles. The van der Waals surface area contributed by atoms with Crippen LogP contribution in [0.5, 0.6) is 0 Å². The number of allylic oxidation sites excluding steroid dienone is 1. The maximum absolute atomic E-state index is 13.2. The van der Waals surface area contributed by atoms with Crippen molar-refractivity contribution in [3.63, 3.8) is 0 Å². The molecule has 1 amide bonds. The van der Waals surface area contributed by atoms with E-state index in [-0.39, 0.29) is 17.6 Å². The van der Waals surface area contributed by atoms with Gasteiger partial charge in [-0.05, 0) is 69.2 Å². The number of rotatable bonds is 6. The largest absolute Gasteiger partial charge is 0.356 e. The third kappa shape index (κ3) is 4.70. The van der Waals surface area contributed by atoms with Gasteiger partial charge in [-0.1, -0.05) is 23.0 Å². The Balaban J connectivity index is 1.13. The predicted octanol–water partition coefficient (Wildman–Crippen LogP) is 4.82. The SMILES string of the molecule is O=C(NCCC1=CCCCC1)C1CCN(c2nn3cc(-c4ccc(F)cc4)nc3s2)CC1. The third-order valence-corrected chi connectivity index (χ3v) is 7.42. The molecule has 0 unspecified atom stereocenters. The van der Waals surface area contributed by atoms with Gasteiger partial charge in [-0.3, -0.25) is 4.79 Å². The lowest BCUT2D eigenvalue weighted by Crippen LogP contribution is -2.40. The van der Waals surface area contributed by atoms with Gasteiger partial charge in [0, 0.05) is 31.1 Å². The van der Waals surface area contributed by atoms with E-state index in [4.69, 9.17) is 0 Å². The second kappa shape index (κ2) is 9.40. The molecule has 168 valence electrons. The molecule has 3 aromatic rings. The molecule has 0 atom stereocenters. The van der Waals surface area contributed by atoms with Crippen molar-refractivity contribution in [1.29, 1.82) is 0 Å². The van der Waals surface area contributed by atoms with E-state index in [9.17, 15) is 9.18 Å². The minimum Gasteiger partial charge on any atom is -0.356 e. The van der Waals surface area contributed by atoms with Gasteiger partial charge in [0.1, 0.15) is 5.82 Å². The van der Waals surface area contributed by atoms with Gasteiger partial charge in [0.25, 0.3) is 0 Å². The quantitative estimate of drug-likeness (QED) is 0.544. The maximum Gasteiger partial charge on any atom is 0.223 e. The molecule has 1 N–H and O–H groups in total. The van der Waals surface area contributed by atoms with Crippen LogP contribution in [0.1, 0.15) is 44.9 Å². The summed E-state index contributed by atoms with van der Waals surface area (Å²) in [7, 11) is 0. The summed E-state index contributed by atoms with van der Waals surface area (Å²) in [6.45, 7) is 2.40. The standard InChI is InChI=1S/C24H28FN5OS/c25-20-8-6-18(7-9-20)21-16-30-23(27-21)32-24(28-30)29-14-11-19(12-15-29)22(31)26-13-10-17-4-2-1-3-5-17/h4,6-9,16,19H,1-3,5,10-15H2,(H,26,31). The number of halogens is 1. The van der Waals surface area contributed by atoms with Crippen LogP contribution in [0, 0.1) is 11.7 Å². The van der Waals surface area contributed by atoms with Crippen molar-refractivity contribution in [2.24, 2.45) is 5.92 Å². The number of piperidine rings is 1. The highest BCUT2D eigenvalue weighted by atomic mass is 32.1. The lowest BCUT2D eigenvalue weighted by Gasteiger charge is -2.30. The van der Waals surface area contributed by atoms with Crippen LogP contribution in [0.2, 0.25) is 0 Å². The number of anilines is 1. The Hall–Kier alpha value is -2.74. The summed E-state index contributed by atoms with van der Waals surface area (Å²) in [5, 5.41) is 8.77. The number of nitrogens with zero attached hydrogens (tertiary/aromatic N) is 4. The van der Waals surface area contributed by atoms with Gasteiger partial charge in [0.15, 0.2) is 0 Å². The fourth-order valence-corrected chi connectivity index (χ4v) is 5.47. The molecular formula is C24H28FN5OS. The number of nitrogens with one attached hydrogen (secondary N) is 1. The zero-order valence-electron chi connectivity index (χ0n) is 18.1. The molecule has 1 aliphatic carbocycles.